The van der Waals surface area contributed by atoms with Gasteiger partial charge in [0.25, 0.3) is 0 Å². The summed E-state index contributed by atoms with van der Waals surface area (Å²) in [5, 5.41) is 9.42. The highest BCUT2D eigenvalue weighted by Crippen LogP contribution is 2.33. The number of allylic oxidation sites excluding steroid dienone is 1. The molecule has 1 N–H and O–H groups in total. The lowest BCUT2D eigenvalue weighted by Crippen LogP contribution is -2.00. The first-order chi connectivity index (χ1) is 8.75. The largest absolute Gasteiger partial charge is 0.505 e. The monoisotopic (exact) mass is 240 g/mol. The number of hydrogen-bond acceptors (Lipinski definition) is 1. The minimum absolute atomic E-state index is 0.285. The molecular weight excluding hydrogens is 227 g/mol. The normalized spacial score (nSPS) is 13.9. The van der Waals surface area contributed by atoms with Gasteiger partial charge in [0.05, 0.1) is 0 Å². The van der Waals surface area contributed by atoms with E-state index in [4.69, 9.17) is 0 Å². The molecule has 90 valence electrons. The van der Waals surface area contributed by atoms with E-state index in [9.17, 15) is 9.50 Å². The zero-order valence-electron chi connectivity index (χ0n) is 9.86. The first-order valence-electron chi connectivity index (χ1n) is 6.02. The topological polar surface area (TPSA) is 20.2 Å². The van der Waals surface area contributed by atoms with Gasteiger partial charge in [-0.05, 0) is 35.6 Å². The Labute approximate surface area is 105 Å². The first-order valence-corrected chi connectivity index (χ1v) is 6.02. The molecule has 0 fully saturated rings. The maximum absolute atomic E-state index is 13.9. The lowest BCUT2D eigenvalue weighted by molar-refractivity contribution is 0.431. The molecule has 1 aliphatic carbocycles. The molecule has 0 atom stereocenters. The Kier molecular flexibility index (Phi) is 2.63. The van der Waals surface area contributed by atoms with Crippen LogP contribution in [0.15, 0.2) is 42.5 Å². The number of benzene rings is 2. The first kappa shape index (κ1) is 11.0. The number of phenols is 1. The van der Waals surface area contributed by atoms with Crippen LogP contribution in [0.4, 0.5) is 4.39 Å². The summed E-state index contributed by atoms with van der Waals surface area (Å²) in [4.78, 5) is 0. The van der Waals surface area contributed by atoms with Crippen molar-refractivity contribution in [3.63, 3.8) is 0 Å². The van der Waals surface area contributed by atoms with Crippen LogP contribution in [0.3, 0.4) is 0 Å². The van der Waals surface area contributed by atoms with E-state index in [1.807, 2.05) is 24.3 Å². The number of aryl methyl sites for hydroxylation is 1. The summed E-state index contributed by atoms with van der Waals surface area (Å²) in [5.41, 5.74) is 3.88. The van der Waals surface area contributed by atoms with Crippen LogP contribution < -0.4 is 0 Å². The van der Waals surface area contributed by atoms with Crippen molar-refractivity contribution in [1.29, 1.82) is 0 Å². The Morgan fingerprint density at radius 2 is 1.78 bits per heavy atom. The number of fused-ring (bicyclic) bond motifs is 1. The minimum atomic E-state index is -0.525. The lowest BCUT2D eigenvalue weighted by Gasteiger charge is -2.17. The van der Waals surface area contributed by atoms with Crippen molar-refractivity contribution in [2.24, 2.45) is 0 Å². The van der Waals surface area contributed by atoms with Crippen molar-refractivity contribution in [3.8, 4) is 5.75 Å². The van der Waals surface area contributed by atoms with E-state index in [0.717, 1.165) is 24.0 Å². The lowest BCUT2D eigenvalue weighted by atomic mass is 9.88. The third-order valence-corrected chi connectivity index (χ3v) is 3.37. The number of rotatable bonds is 1. The predicted octanol–water partition coefficient (Wildman–Crippen LogP) is 4.02. The third kappa shape index (κ3) is 1.80. The Hall–Kier alpha value is -2.09. The molecule has 18 heavy (non-hydrogen) atoms. The second kappa shape index (κ2) is 4.30. The molecule has 0 amide bonds. The van der Waals surface area contributed by atoms with E-state index in [2.05, 4.69) is 6.07 Å². The van der Waals surface area contributed by atoms with Gasteiger partial charge in [-0.2, -0.15) is 0 Å². The van der Waals surface area contributed by atoms with Gasteiger partial charge in [-0.25, -0.2) is 4.39 Å². The molecule has 3 rings (SSSR count). The SMILES string of the molecule is Oc1cccc(C2=Cc3ccccc3CC2)c1F. The molecule has 0 saturated heterocycles. The second-order valence-electron chi connectivity index (χ2n) is 4.51. The van der Waals surface area contributed by atoms with Crippen molar-refractivity contribution in [2.45, 2.75) is 12.8 Å². The molecule has 0 radical (unpaired) electrons. The third-order valence-electron chi connectivity index (χ3n) is 3.37. The fraction of sp³-hybridized carbons (Fsp3) is 0.125. The Balaban J connectivity index is 2.10. The molecule has 0 bridgehead atoms. The van der Waals surface area contributed by atoms with E-state index >= 15 is 0 Å². The summed E-state index contributed by atoms with van der Waals surface area (Å²) in [6.07, 6.45) is 3.73. The summed E-state index contributed by atoms with van der Waals surface area (Å²) in [7, 11) is 0. The smallest absolute Gasteiger partial charge is 0.172 e. The summed E-state index contributed by atoms with van der Waals surface area (Å²) < 4.78 is 13.9. The molecule has 0 unspecified atom stereocenters. The van der Waals surface area contributed by atoms with Gasteiger partial charge in [0.1, 0.15) is 0 Å². The van der Waals surface area contributed by atoms with Crippen LogP contribution >= 0.6 is 0 Å². The summed E-state index contributed by atoms with van der Waals surface area (Å²) in [5.74, 6) is -0.810. The number of halogens is 1. The fourth-order valence-electron chi connectivity index (χ4n) is 2.41. The van der Waals surface area contributed by atoms with Gasteiger partial charge in [-0.3, -0.25) is 0 Å². The molecule has 0 saturated carbocycles. The van der Waals surface area contributed by atoms with Crippen molar-refractivity contribution >= 4 is 11.6 Å². The predicted molar refractivity (Wildman–Crippen MR) is 70.7 cm³/mol. The van der Waals surface area contributed by atoms with Crippen molar-refractivity contribution < 1.29 is 9.50 Å². The summed E-state index contributed by atoms with van der Waals surface area (Å²) in [6.45, 7) is 0. The molecule has 2 heteroatoms. The molecule has 1 nitrogen and oxygen atoms in total. The molecule has 0 aromatic heterocycles. The second-order valence-corrected chi connectivity index (χ2v) is 4.51. The van der Waals surface area contributed by atoms with Crippen LogP contribution in [0.5, 0.6) is 5.75 Å². The summed E-state index contributed by atoms with van der Waals surface area (Å²) in [6, 6.07) is 12.9. The van der Waals surface area contributed by atoms with Crippen LogP contribution in [0.25, 0.3) is 11.6 Å². The number of aromatic hydroxyl groups is 1. The maximum Gasteiger partial charge on any atom is 0.172 e. The average molecular weight is 240 g/mol. The molecule has 0 aliphatic heterocycles. The Morgan fingerprint density at radius 3 is 2.67 bits per heavy atom. The molecule has 0 heterocycles. The van der Waals surface area contributed by atoms with Crippen LogP contribution in [0.1, 0.15) is 23.1 Å². The van der Waals surface area contributed by atoms with Crippen molar-refractivity contribution in [3.05, 3.63) is 65.0 Å². The van der Waals surface area contributed by atoms with Gasteiger partial charge in [-0.1, -0.05) is 42.5 Å². The Morgan fingerprint density at radius 1 is 0.944 bits per heavy atom. The van der Waals surface area contributed by atoms with Crippen LogP contribution in [0.2, 0.25) is 0 Å². The van der Waals surface area contributed by atoms with E-state index < -0.39 is 5.82 Å². The van der Waals surface area contributed by atoms with E-state index in [1.54, 1.807) is 12.1 Å². The number of hydrogen-bond donors (Lipinski definition) is 1. The van der Waals surface area contributed by atoms with Crippen molar-refractivity contribution in [2.75, 3.05) is 0 Å². The van der Waals surface area contributed by atoms with Crippen LogP contribution in [-0.2, 0) is 6.42 Å². The van der Waals surface area contributed by atoms with Crippen LogP contribution in [0, 0.1) is 5.82 Å². The molecule has 0 spiro atoms. The molecule has 2 aromatic carbocycles. The average Bonchev–Trinajstić information content (AvgIpc) is 2.41. The summed E-state index contributed by atoms with van der Waals surface area (Å²) >= 11 is 0. The van der Waals surface area contributed by atoms with Gasteiger partial charge < -0.3 is 5.11 Å². The highest BCUT2D eigenvalue weighted by Gasteiger charge is 2.15. The molecular formula is C16H13FO. The zero-order valence-corrected chi connectivity index (χ0v) is 9.86. The zero-order chi connectivity index (χ0) is 12.5. The maximum atomic E-state index is 13.9. The van der Waals surface area contributed by atoms with E-state index in [1.165, 1.54) is 11.6 Å². The van der Waals surface area contributed by atoms with Gasteiger partial charge in [0.15, 0.2) is 11.6 Å². The fourth-order valence-corrected chi connectivity index (χ4v) is 2.41. The minimum Gasteiger partial charge on any atom is -0.505 e. The highest BCUT2D eigenvalue weighted by atomic mass is 19.1. The highest BCUT2D eigenvalue weighted by molar-refractivity contribution is 5.84. The quantitative estimate of drug-likeness (QED) is 0.798. The molecule has 1 aliphatic rings. The standard InChI is InChI=1S/C16H13FO/c17-16-14(6-3-7-15(16)18)13-9-8-11-4-1-2-5-12(11)10-13/h1-7,10,18H,8-9H2. The van der Waals surface area contributed by atoms with Gasteiger partial charge in [-0.15, -0.1) is 0 Å². The molecule has 2 aromatic rings. The van der Waals surface area contributed by atoms with E-state index in [0.29, 0.717) is 5.56 Å². The Bertz CT molecular complexity index is 629. The number of phenolic OH excluding ortho intramolecular Hbond substituents is 1. The van der Waals surface area contributed by atoms with Gasteiger partial charge in [0.2, 0.25) is 0 Å². The van der Waals surface area contributed by atoms with Crippen molar-refractivity contribution in [1.82, 2.24) is 0 Å². The van der Waals surface area contributed by atoms with E-state index in [-0.39, 0.29) is 5.75 Å². The van der Waals surface area contributed by atoms with Crippen LogP contribution in [-0.4, -0.2) is 5.11 Å². The van der Waals surface area contributed by atoms with Gasteiger partial charge in [0, 0.05) is 5.56 Å². The van der Waals surface area contributed by atoms with Gasteiger partial charge >= 0.3 is 0 Å².